The van der Waals surface area contributed by atoms with Crippen LogP contribution in [0.5, 0.6) is 5.75 Å². The van der Waals surface area contributed by atoms with E-state index in [1.54, 1.807) is 6.07 Å². The van der Waals surface area contributed by atoms with Crippen LogP contribution >= 0.6 is 11.6 Å². The van der Waals surface area contributed by atoms with Gasteiger partial charge in [-0.1, -0.05) is 11.6 Å². The molecule has 1 aliphatic heterocycles. The molecule has 0 aliphatic carbocycles. The number of likely N-dealkylation sites (tertiary alicyclic amines) is 1. The minimum atomic E-state index is -0.203. The van der Waals surface area contributed by atoms with Crippen LogP contribution < -0.4 is 15.8 Å². The maximum absolute atomic E-state index is 12.1. The molecule has 0 atom stereocenters. The van der Waals surface area contributed by atoms with Crippen LogP contribution in [0.3, 0.4) is 0 Å². The molecular weight excluding hydrogens is 266 g/mol. The van der Waals surface area contributed by atoms with Crippen molar-refractivity contribution in [1.82, 2.24) is 10.2 Å². The van der Waals surface area contributed by atoms with Gasteiger partial charge >= 0.3 is 0 Å². The number of halogens is 1. The molecule has 0 unspecified atom stereocenters. The lowest BCUT2D eigenvalue weighted by Crippen LogP contribution is -2.36. The molecule has 3 N–H and O–H groups in total. The largest absolute Gasteiger partial charge is 0.496 e. The Bertz CT molecular complexity index is 473. The van der Waals surface area contributed by atoms with Crippen LogP contribution in [0, 0.1) is 0 Å². The van der Waals surface area contributed by atoms with E-state index in [1.165, 1.54) is 26.0 Å². The first-order valence-corrected chi connectivity index (χ1v) is 6.63. The van der Waals surface area contributed by atoms with Crippen LogP contribution in [-0.2, 0) is 0 Å². The minimum absolute atomic E-state index is 0.203. The third-order valence-corrected chi connectivity index (χ3v) is 3.55. The molecule has 5 nitrogen and oxygen atoms in total. The van der Waals surface area contributed by atoms with E-state index in [2.05, 4.69) is 10.2 Å². The number of nitrogen functional groups attached to an aromatic ring is 1. The van der Waals surface area contributed by atoms with Gasteiger partial charge in [0.2, 0.25) is 0 Å². The van der Waals surface area contributed by atoms with Crippen molar-refractivity contribution < 1.29 is 9.53 Å². The number of methoxy groups -OCH3 is 1. The molecule has 1 saturated heterocycles. The Morgan fingerprint density at radius 1 is 1.47 bits per heavy atom. The fourth-order valence-corrected chi connectivity index (χ4v) is 2.30. The minimum Gasteiger partial charge on any atom is -0.496 e. The summed E-state index contributed by atoms with van der Waals surface area (Å²) >= 11 is 5.94. The number of nitrogens with zero attached hydrogens (tertiary/aromatic N) is 1. The van der Waals surface area contributed by atoms with Gasteiger partial charge in [-0.05, 0) is 32.0 Å². The van der Waals surface area contributed by atoms with Gasteiger partial charge in [-0.2, -0.15) is 0 Å². The summed E-state index contributed by atoms with van der Waals surface area (Å²) in [6.07, 6.45) is 2.37. The molecule has 1 aliphatic rings. The van der Waals surface area contributed by atoms with Crippen LogP contribution in [0.25, 0.3) is 0 Å². The number of carbonyl (C=O) groups is 1. The first kappa shape index (κ1) is 14.0. The maximum Gasteiger partial charge on any atom is 0.256 e. The summed E-state index contributed by atoms with van der Waals surface area (Å²) in [5.74, 6) is 0.228. The van der Waals surface area contributed by atoms with Crippen LogP contribution in [0.2, 0.25) is 5.02 Å². The number of anilines is 1. The first-order chi connectivity index (χ1) is 9.11. The van der Waals surface area contributed by atoms with Crippen molar-refractivity contribution in [3.63, 3.8) is 0 Å². The molecule has 6 heteroatoms. The molecule has 2 rings (SSSR count). The lowest BCUT2D eigenvalue weighted by Gasteiger charge is -2.16. The number of hydrogen-bond donors (Lipinski definition) is 2. The summed E-state index contributed by atoms with van der Waals surface area (Å²) in [6.45, 7) is 2.60. The molecule has 1 aromatic rings. The van der Waals surface area contributed by atoms with E-state index in [4.69, 9.17) is 22.1 Å². The van der Waals surface area contributed by atoms with Gasteiger partial charge in [0.1, 0.15) is 5.75 Å². The van der Waals surface area contributed by atoms with Crippen LogP contribution in [0.4, 0.5) is 5.69 Å². The van der Waals surface area contributed by atoms with Crippen LogP contribution in [-0.4, -0.2) is 37.7 Å². The van der Waals surface area contributed by atoms with Crippen molar-refractivity contribution in [3.8, 4) is 5.75 Å². The summed E-state index contributed by atoms with van der Waals surface area (Å²) in [4.78, 5) is 14.3. The van der Waals surface area contributed by atoms with Gasteiger partial charge in [0, 0.05) is 6.07 Å². The SMILES string of the molecule is COc1cc(N)c(Cl)cc1C(=O)NCN1CCCC1. The zero-order chi connectivity index (χ0) is 13.8. The van der Waals surface area contributed by atoms with Crippen molar-refractivity contribution in [2.24, 2.45) is 0 Å². The van der Waals surface area contributed by atoms with Gasteiger partial charge < -0.3 is 15.8 Å². The Balaban J connectivity index is 2.07. The Morgan fingerprint density at radius 3 is 2.79 bits per heavy atom. The molecule has 19 heavy (non-hydrogen) atoms. The second-order valence-corrected chi connectivity index (χ2v) is 4.97. The first-order valence-electron chi connectivity index (χ1n) is 6.25. The van der Waals surface area contributed by atoms with Crippen molar-refractivity contribution in [2.75, 3.05) is 32.6 Å². The predicted octanol–water partition coefficient (Wildman–Crippen LogP) is 1.71. The number of nitrogens with two attached hydrogens (primary N) is 1. The number of ether oxygens (including phenoxy) is 1. The highest BCUT2D eigenvalue weighted by molar-refractivity contribution is 6.33. The highest BCUT2D eigenvalue weighted by Crippen LogP contribution is 2.28. The topological polar surface area (TPSA) is 67.6 Å². The van der Waals surface area contributed by atoms with Crippen molar-refractivity contribution in [3.05, 3.63) is 22.7 Å². The predicted molar refractivity (Wildman–Crippen MR) is 75.6 cm³/mol. The van der Waals surface area contributed by atoms with E-state index in [0.29, 0.717) is 28.7 Å². The molecule has 1 heterocycles. The van der Waals surface area contributed by atoms with Gasteiger partial charge in [-0.3, -0.25) is 9.69 Å². The summed E-state index contributed by atoms with van der Waals surface area (Å²) in [7, 11) is 1.50. The van der Waals surface area contributed by atoms with Gasteiger partial charge in [0.25, 0.3) is 5.91 Å². The Hall–Kier alpha value is -1.46. The highest BCUT2D eigenvalue weighted by Gasteiger charge is 2.17. The highest BCUT2D eigenvalue weighted by atomic mass is 35.5. The van der Waals surface area contributed by atoms with Crippen LogP contribution in [0.1, 0.15) is 23.2 Å². The summed E-state index contributed by atoms with van der Waals surface area (Å²) in [5, 5.41) is 3.22. The van der Waals surface area contributed by atoms with Crippen molar-refractivity contribution >= 4 is 23.2 Å². The fourth-order valence-electron chi connectivity index (χ4n) is 2.14. The number of carbonyl (C=O) groups excluding carboxylic acids is 1. The zero-order valence-electron chi connectivity index (χ0n) is 10.9. The van der Waals surface area contributed by atoms with E-state index in [-0.39, 0.29) is 5.91 Å². The molecule has 0 bridgehead atoms. The van der Waals surface area contributed by atoms with Gasteiger partial charge in [0.15, 0.2) is 0 Å². The number of rotatable bonds is 4. The third kappa shape index (κ3) is 3.30. The Labute approximate surface area is 117 Å². The smallest absolute Gasteiger partial charge is 0.256 e. The number of hydrogen-bond acceptors (Lipinski definition) is 4. The average Bonchev–Trinajstić information content (AvgIpc) is 2.91. The standard InChI is InChI=1S/C13H18ClN3O2/c1-19-12-7-11(15)10(14)6-9(12)13(18)16-8-17-4-2-3-5-17/h6-7H,2-5,8,15H2,1H3,(H,16,18). The summed E-state index contributed by atoms with van der Waals surface area (Å²) < 4.78 is 5.16. The quantitative estimate of drug-likeness (QED) is 0.826. The second kappa shape index (κ2) is 6.12. The van der Waals surface area contributed by atoms with Gasteiger partial charge in [-0.15, -0.1) is 0 Å². The van der Waals surface area contributed by atoms with E-state index >= 15 is 0 Å². The lowest BCUT2D eigenvalue weighted by molar-refractivity contribution is 0.0927. The van der Waals surface area contributed by atoms with Gasteiger partial charge in [0.05, 0.1) is 30.1 Å². The molecule has 0 aromatic heterocycles. The second-order valence-electron chi connectivity index (χ2n) is 4.56. The molecule has 0 spiro atoms. The Kier molecular flexibility index (Phi) is 4.50. The number of amides is 1. The molecule has 0 saturated carbocycles. The molecule has 1 fully saturated rings. The number of nitrogens with one attached hydrogen (secondary N) is 1. The molecule has 1 amide bonds. The number of benzene rings is 1. The Morgan fingerprint density at radius 2 is 2.16 bits per heavy atom. The molecule has 0 radical (unpaired) electrons. The third-order valence-electron chi connectivity index (χ3n) is 3.23. The average molecular weight is 284 g/mol. The van der Waals surface area contributed by atoms with Crippen molar-refractivity contribution in [2.45, 2.75) is 12.8 Å². The molecular formula is C13H18ClN3O2. The van der Waals surface area contributed by atoms with Crippen LogP contribution in [0.15, 0.2) is 12.1 Å². The molecule has 104 valence electrons. The summed E-state index contributed by atoms with van der Waals surface area (Å²) in [6, 6.07) is 3.10. The van der Waals surface area contributed by atoms with Crippen molar-refractivity contribution in [1.29, 1.82) is 0 Å². The monoisotopic (exact) mass is 283 g/mol. The molecule has 1 aromatic carbocycles. The lowest BCUT2D eigenvalue weighted by atomic mass is 10.1. The van der Waals surface area contributed by atoms with E-state index in [0.717, 1.165) is 13.1 Å². The zero-order valence-corrected chi connectivity index (χ0v) is 11.7. The van der Waals surface area contributed by atoms with E-state index < -0.39 is 0 Å². The van der Waals surface area contributed by atoms with Gasteiger partial charge in [-0.25, -0.2) is 0 Å². The van der Waals surface area contributed by atoms with E-state index in [1.807, 2.05) is 0 Å². The normalized spacial score (nSPS) is 15.5. The summed E-state index contributed by atoms with van der Waals surface area (Å²) in [5.41, 5.74) is 6.49. The maximum atomic E-state index is 12.1. The fraction of sp³-hybridized carbons (Fsp3) is 0.462. The van der Waals surface area contributed by atoms with E-state index in [9.17, 15) is 4.79 Å².